The molecule has 3 rings (SSSR count). The molecule has 0 spiro atoms. The molecule has 0 bridgehead atoms. The van der Waals surface area contributed by atoms with Gasteiger partial charge in [-0.1, -0.05) is 0 Å². The van der Waals surface area contributed by atoms with Crippen molar-refractivity contribution in [3.8, 4) is 5.69 Å². The number of carbonyl (C=O) groups excluding carboxylic acids is 3. The number of rotatable bonds is 4. The third-order valence-corrected chi connectivity index (χ3v) is 3.88. The molecule has 1 aromatic carbocycles. The first-order valence-corrected chi connectivity index (χ1v) is 7.67. The summed E-state index contributed by atoms with van der Waals surface area (Å²) < 4.78 is 6.75. The van der Waals surface area contributed by atoms with E-state index in [2.05, 4.69) is 5.10 Å². The Labute approximate surface area is 138 Å². The quantitative estimate of drug-likeness (QED) is 0.795. The molecule has 1 fully saturated rings. The number of imide groups is 1. The second-order valence-corrected chi connectivity index (χ2v) is 5.55. The van der Waals surface area contributed by atoms with Crippen LogP contribution in [-0.4, -0.2) is 45.6 Å². The Balaban J connectivity index is 1.60. The minimum atomic E-state index is -0.598. The van der Waals surface area contributed by atoms with Crippen molar-refractivity contribution in [1.82, 2.24) is 14.7 Å². The monoisotopic (exact) mass is 327 g/mol. The summed E-state index contributed by atoms with van der Waals surface area (Å²) in [6.07, 6.45) is 2.73. The van der Waals surface area contributed by atoms with Crippen LogP contribution in [0.4, 0.5) is 0 Å². The molecule has 1 aromatic heterocycles. The van der Waals surface area contributed by atoms with E-state index in [4.69, 9.17) is 4.74 Å². The van der Waals surface area contributed by atoms with Gasteiger partial charge in [0.25, 0.3) is 5.91 Å². The summed E-state index contributed by atoms with van der Waals surface area (Å²) in [6, 6.07) is 8.62. The van der Waals surface area contributed by atoms with E-state index in [0.29, 0.717) is 24.9 Å². The van der Waals surface area contributed by atoms with Crippen molar-refractivity contribution in [2.24, 2.45) is 0 Å². The average Bonchev–Trinajstić information content (AvgIpc) is 3.20. The van der Waals surface area contributed by atoms with Crippen molar-refractivity contribution in [2.75, 3.05) is 13.2 Å². The number of amides is 2. The van der Waals surface area contributed by atoms with Crippen LogP contribution in [0.3, 0.4) is 0 Å². The first-order chi connectivity index (χ1) is 11.6. The molecule has 0 radical (unpaired) electrons. The van der Waals surface area contributed by atoms with E-state index >= 15 is 0 Å². The lowest BCUT2D eigenvalue weighted by molar-refractivity contribution is -0.143. The smallest absolute Gasteiger partial charge is 0.338 e. The summed E-state index contributed by atoms with van der Waals surface area (Å²) in [7, 11) is 0. The second-order valence-electron chi connectivity index (χ2n) is 5.55. The maximum absolute atomic E-state index is 12.0. The van der Waals surface area contributed by atoms with Gasteiger partial charge in [-0.2, -0.15) is 5.10 Å². The molecule has 0 N–H and O–H groups in total. The Hall–Kier alpha value is -2.96. The van der Waals surface area contributed by atoms with Gasteiger partial charge in [-0.25, -0.2) is 9.48 Å². The number of ether oxygens (including phenoxy) is 1. The van der Waals surface area contributed by atoms with Crippen molar-refractivity contribution in [3.05, 3.63) is 47.8 Å². The number of aryl methyl sites for hydroxylation is 1. The highest BCUT2D eigenvalue weighted by molar-refractivity contribution is 5.98. The summed E-state index contributed by atoms with van der Waals surface area (Å²) in [6.45, 7) is 1.90. The Morgan fingerprint density at radius 3 is 2.54 bits per heavy atom. The predicted molar refractivity (Wildman–Crippen MR) is 84.5 cm³/mol. The number of benzene rings is 1. The zero-order valence-corrected chi connectivity index (χ0v) is 13.3. The molecule has 7 heteroatoms. The third-order valence-electron chi connectivity index (χ3n) is 3.88. The highest BCUT2D eigenvalue weighted by atomic mass is 16.5. The van der Waals surface area contributed by atoms with E-state index in [1.165, 1.54) is 0 Å². The van der Waals surface area contributed by atoms with Crippen LogP contribution >= 0.6 is 0 Å². The number of esters is 1. The molecule has 7 nitrogen and oxygen atoms in total. The topological polar surface area (TPSA) is 81.5 Å². The molecule has 2 amide bonds. The van der Waals surface area contributed by atoms with Gasteiger partial charge in [0.15, 0.2) is 6.61 Å². The van der Waals surface area contributed by atoms with Crippen molar-refractivity contribution in [2.45, 2.75) is 19.8 Å². The van der Waals surface area contributed by atoms with E-state index in [9.17, 15) is 14.4 Å². The van der Waals surface area contributed by atoms with Crippen molar-refractivity contribution in [1.29, 1.82) is 0 Å². The Morgan fingerprint density at radius 1 is 1.21 bits per heavy atom. The summed E-state index contributed by atoms with van der Waals surface area (Å²) in [5.41, 5.74) is 2.14. The largest absolute Gasteiger partial charge is 0.452 e. The van der Waals surface area contributed by atoms with Crippen molar-refractivity contribution >= 4 is 17.8 Å². The SMILES string of the molecule is Cc1ccnn1-c1ccc(C(=O)OCC(=O)N2CCCC2=O)cc1. The fourth-order valence-corrected chi connectivity index (χ4v) is 2.58. The highest BCUT2D eigenvalue weighted by Gasteiger charge is 2.27. The van der Waals surface area contributed by atoms with Crippen LogP contribution in [0.25, 0.3) is 5.69 Å². The fraction of sp³-hybridized carbons (Fsp3) is 0.294. The first-order valence-electron chi connectivity index (χ1n) is 7.67. The maximum atomic E-state index is 12.0. The number of hydrogen-bond acceptors (Lipinski definition) is 5. The van der Waals surface area contributed by atoms with Crippen LogP contribution in [0.2, 0.25) is 0 Å². The molecule has 0 saturated carbocycles. The molecule has 2 aromatic rings. The van der Waals surface area contributed by atoms with Crippen LogP contribution in [0.5, 0.6) is 0 Å². The van der Waals surface area contributed by atoms with Crippen molar-refractivity contribution in [3.63, 3.8) is 0 Å². The minimum Gasteiger partial charge on any atom is -0.452 e. The first kappa shape index (κ1) is 15.9. The van der Waals surface area contributed by atoms with E-state index in [1.54, 1.807) is 35.1 Å². The van der Waals surface area contributed by atoms with Crippen LogP contribution in [0.15, 0.2) is 36.5 Å². The highest BCUT2D eigenvalue weighted by Crippen LogP contribution is 2.13. The third kappa shape index (κ3) is 3.19. The number of carbonyl (C=O) groups is 3. The Kier molecular flexibility index (Phi) is 4.41. The number of nitrogens with zero attached hydrogens (tertiary/aromatic N) is 3. The lowest BCUT2D eigenvalue weighted by atomic mass is 10.2. The summed E-state index contributed by atoms with van der Waals surface area (Å²) >= 11 is 0. The zero-order valence-electron chi connectivity index (χ0n) is 13.3. The molecule has 24 heavy (non-hydrogen) atoms. The summed E-state index contributed by atoms with van der Waals surface area (Å²) in [4.78, 5) is 36.5. The zero-order chi connectivity index (χ0) is 17.1. The van der Waals surface area contributed by atoms with Gasteiger partial charge in [0.1, 0.15) is 0 Å². The number of likely N-dealkylation sites (tertiary alicyclic amines) is 1. The standard InChI is InChI=1S/C17H17N3O4/c1-12-8-9-18-20(12)14-6-4-13(5-7-14)17(23)24-11-16(22)19-10-2-3-15(19)21/h4-9H,2-3,10-11H2,1H3. The van der Waals surface area contributed by atoms with E-state index < -0.39 is 18.5 Å². The van der Waals surface area contributed by atoms with Gasteiger partial charge in [0.2, 0.25) is 5.91 Å². The molecule has 1 saturated heterocycles. The maximum Gasteiger partial charge on any atom is 0.338 e. The van der Waals surface area contributed by atoms with E-state index in [-0.39, 0.29) is 5.91 Å². The van der Waals surface area contributed by atoms with E-state index in [0.717, 1.165) is 16.3 Å². The van der Waals surface area contributed by atoms with Gasteiger partial charge in [0.05, 0.1) is 11.3 Å². The molecule has 0 aliphatic carbocycles. The van der Waals surface area contributed by atoms with E-state index in [1.807, 2.05) is 13.0 Å². The van der Waals surface area contributed by atoms with Gasteiger partial charge in [-0.05, 0) is 43.7 Å². The molecule has 0 atom stereocenters. The lowest BCUT2D eigenvalue weighted by Gasteiger charge is -2.13. The molecule has 0 unspecified atom stereocenters. The lowest BCUT2D eigenvalue weighted by Crippen LogP contribution is -2.35. The molecule has 2 heterocycles. The van der Waals surface area contributed by atoms with Gasteiger partial charge >= 0.3 is 5.97 Å². The molecule has 1 aliphatic heterocycles. The van der Waals surface area contributed by atoms with Gasteiger partial charge in [0, 0.05) is 24.9 Å². The minimum absolute atomic E-state index is 0.213. The normalized spacial score (nSPS) is 14.0. The summed E-state index contributed by atoms with van der Waals surface area (Å²) in [5.74, 6) is -1.29. The van der Waals surface area contributed by atoms with Gasteiger partial charge in [-0.15, -0.1) is 0 Å². The predicted octanol–water partition coefficient (Wildman–Crippen LogP) is 1.49. The number of hydrogen-bond donors (Lipinski definition) is 0. The summed E-state index contributed by atoms with van der Waals surface area (Å²) in [5, 5.41) is 4.19. The fourth-order valence-electron chi connectivity index (χ4n) is 2.58. The van der Waals surface area contributed by atoms with Crippen molar-refractivity contribution < 1.29 is 19.1 Å². The van der Waals surface area contributed by atoms with Crippen LogP contribution < -0.4 is 0 Å². The Morgan fingerprint density at radius 2 is 1.96 bits per heavy atom. The molecule has 1 aliphatic rings. The van der Waals surface area contributed by atoms with Crippen LogP contribution in [0, 0.1) is 6.92 Å². The second kappa shape index (κ2) is 6.66. The Bertz CT molecular complexity index is 779. The average molecular weight is 327 g/mol. The molecular weight excluding hydrogens is 310 g/mol. The number of aromatic nitrogens is 2. The van der Waals surface area contributed by atoms with Crippen LogP contribution in [-0.2, 0) is 14.3 Å². The molecular formula is C17H17N3O4. The van der Waals surface area contributed by atoms with Crippen LogP contribution in [0.1, 0.15) is 28.9 Å². The van der Waals surface area contributed by atoms with Gasteiger partial charge in [-0.3, -0.25) is 14.5 Å². The van der Waals surface area contributed by atoms with Gasteiger partial charge < -0.3 is 4.74 Å². The molecule has 124 valence electrons.